The van der Waals surface area contributed by atoms with Crippen molar-refractivity contribution in [1.29, 1.82) is 0 Å². The first-order valence-corrected chi connectivity index (χ1v) is 6.84. The fourth-order valence-electron chi connectivity index (χ4n) is 2.73. The van der Waals surface area contributed by atoms with Gasteiger partial charge in [-0.15, -0.1) is 0 Å². The minimum atomic E-state index is 0.299. The number of ether oxygens (including phenoxy) is 2. The molecule has 1 aliphatic rings. The van der Waals surface area contributed by atoms with E-state index < -0.39 is 0 Å². The fraction of sp³-hybridized carbons (Fsp3) is 0.600. The smallest absolute Gasteiger partial charge is 0.127 e. The molecule has 4 nitrogen and oxygen atoms in total. The largest absolute Gasteiger partial charge is 0.496 e. The van der Waals surface area contributed by atoms with Crippen molar-refractivity contribution < 1.29 is 9.47 Å². The predicted molar refractivity (Wildman–Crippen MR) is 77.1 cm³/mol. The molecule has 0 aliphatic carbocycles. The average molecular weight is 264 g/mol. The average Bonchev–Trinajstić information content (AvgIpc) is 2.46. The highest BCUT2D eigenvalue weighted by Crippen LogP contribution is 2.38. The summed E-state index contributed by atoms with van der Waals surface area (Å²) in [7, 11) is 3.45. The SMILES string of the molecule is COc1cc(C)cc(OC)c1[C@H](C)N1CCNCC1. The van der Waals surface area contributed by atoms with Gasteiger partial charge in [-0.05, 0) is 31.5 Å². The molecule has 1 aromatic carbocycles. The number of hydrogen-bond acceptors (Lipinski definition) is 4. The number of hydrogen-bond donors (Lipinski definition) is 1. The summed E-state index contributed by atoms with van der Waals surface area (Å²) in [6.07, 6.45) is 0. The van der Waals surface area contributed by atoms with E-state index in [1.807, 2.05) is 0 Å². The van der Waals surface area contributed by atoms with E-state index in [9.17, 15) is 0 Å². The third kappa shape index (κ3) is 3.01. The molecule has 1 heterocycles. The van der Waals surface area contributed by atoms with Gasteiger partial charge in [0.05, 0.1) is 19.8 Å². The lowest BCUT2D eigenvalue weighted by molar-refractivity contribution is 0.179. The summed E-state index contributed by atoms with van der Waals surface area (Å²) in [6, 6.07) is 4.46. The Hall–Kier alpha value is -1.26. The number of nitrogens with one attached hydrogen (secondary N) is 1. The molecule has 0 radical (unpaired) electrons. The third-order valence-electron chi connectivity index (χ3n) is 3.81. The van der Waals surface area contributed by atoms with Gasteiger partial charge in [-0.25, -0.2) is 0 Å². The molecule has 0 spiro atoms. The van der Waals surface area contributed by atoms with Crippen molar-refractivity contribution in [3.63, 3.8) is 0 Å². The van der Waals surface area contributed by atoms with Crippen molar-refractivity contribution >= 4 is 0 Å². The Morgan fingerprint density at radius 3 is 2.11 bits per heavy atom. The summed E-state index contributed by atoms with van der Waals surface area (Å²) in [6.45, 7) is 8.48. The van der Waals surface area contributed by atoms with Gasteiger partial charge in [-0.3, -0.25) is 4.90 Å². The third-order valence-corrected chi connectivity index (χ3v) is 3.81. The fourth-order valence-corrected chi connectivity index (χ4v) is 2.73. The van der Waals surface area contributed by atoms with Gasteiger partial charge < -0.3 is 14.8 Å². The Bertz CT molecular complexity index is 403. The molecule has 0 bridgehead atoms. The van der Waals surface area contributed by atoms with Gasteiger partial charge in [0.1, 0.15) is 11.5 Å². The Labute approximate surface area is 115 Å². The second-order valence-electron chi connectivity index (χ2n) is 5.05. The van der Waals surface area contributed by atoms with Crippen LogP contribution < -0.4 is 14.8 Å². The zero-order valence-corrected chi connectivity index (χ0v) is 12.3. The lowest BCUT2D eigenvalue weighted by Crippen LogP contribution is -2.44. The van der Waals surface area contributed by atoms with E-state index in [-0.39, 0.29) is 0 Å². The van der Waals surface area contributed by atoms with Gasteiger partial charge in [-0.1, -0.05) is 0 Å². The molecule has 106 valence electrons. The number of piperazine rings is 1. The molecule has 2 rings (SSSR count). The van der Waals surface area contributed by atoms with E-state index >= 15 is 0 Å². The van der Waals surface area contributed by atoms with E-state index in [1.54, 1.807) is 14.2 Å². The molecule has 0 saturated carbocycles. The maximum Gasteiger partial charge on any atom is 0.127 e. The molecule has 1 aromatic rings. The predicted octanol–water partition coefficient (Wildman–Crippen LogP) is 1.98. The van der Waals surface area contributed by atoms with E-state index in [0.29, 0.717) is 6.04 Å². The molecule has 0 unspecified atom stereocenters. The number of aryl methyl sites for hydroxylation is 1. The highest BCUT2D eigenvalue weighted by molar-refractivity contribution is 5.49. The maximum absolute atomic E-state index is 5.56. The highest BCUT2D eigenvalue weighted by Gasteiger charge is 2.24. The first-order chi connectivity index (χ1) is 9.17. The number of nitrogens with zero attached hydrogens (tertiary/aromatic N) is 1. The summed E-state index contributed by atoms with van der Waals surface area (Å²) < 4.78 is 11.1. The Kier molecular flexibility index (Phi) is 4.66. The van der Waals surface area contributed by atoms with E-state index in [4.69, 9.17) is 9.47 Å². The van der Waals surface area contributed by atoms with Crippen LogP contribution in [0.4, 0.5) is 0 Å². The van der Waals surface area contributed by atoms with E-state index in [1.165, 1.54) is 0 Å². The van der Waals surface area contributed by atoms with Crippen molar-refractivity contribution in [2.24, 2.45) is 0 Å². The van der Waals surface area contributed by atoms with Crippen molar-refractivity contribution in [2.45, 2.75) is 19.9 Å². The second kappa shape index (κ2) is 6.26. The second-order valence-corrected chi connectivity index (χ2v) is 5.05. The summed E-state index contributed by atoms with van der Waals surface area (Å²) >= 11 is 0. The minimum Gasteiger partial charge on any atom is -0.496 e. The zero-order chi connectivity index (χ0) is 13.8. The standard InChI is InChI=1S/C15H24N2O2/c1-11-9-13(18-3)15(14(10-11)19-4)12(2)17-7-5-16-6-8-17/h9-10,12,16H,5-8H2,1-4H3/t12-/m0/s1. The number of methoxy groups -OCH3 is 2. The first kappa shape index (κ1) is 14.2. The summed E-state index contributed by atoms with van der Waals surface area (Å²) in [4.78, 5) is 2.46. The van der Waals surface area contributed by atoms with Crippen LogP contribution >= 0.6 is 0 Å². The molecular formula is C15H24N2O2. The Morgan fingerprint density at radius 1 is 1.11 bits per heavy atom. The summed E-state index contributed by atoms with van der Waals surface area (Å²) in [5.74, 6) is 1.84. The van der Waals surface area contributed by atoms with Crippen molar-refractivity contribution in [2.75, 3.05) is 40.4 Å². The van der Waals surface area contributed by atoms with Crippen LogP contribution in [0.2, 0.25) is 0 Å². The van der Waals surface area contributed by atoms with E-state index in [0.717, 1.165) is 48.8 Å². The van der Waals surface area contributed by atoms with Crippen molar-refractivity contribution in [1.82, 2.24) is 10.2 Å². The molecule has 0 aromatic heterocycles. The Morgan fingerprint density at radius 2 is 1.63 bits per heavy atom. The van der Waals surface area contributed by atoms with Crippen LogP contribution in [0, 0.1) is 6.92 Å². The van der Waals surface area contributed by atoms with Gasteiger partial charge in [0.15, 0.2) is 0 Å². The highest BCUT2D eigenvalue weighted by atomic mass is 16.5. The van der Waals surface area contributed by atoms with Crippen LogP contribution in [0.15, 0.2) is 12.1 Å². The minimum absolute atomic E-state index is 0.299. The van der Waals surface area contributed by atoms with Gasteiger partial charge in [0, 0.05) is 32.2 Å². The number of benzene rings is 1. The molecule has 4 heteroatoms. The monoisotopic (exact) mass is 264 g/mol. The summed E-state index contributed by atoms with van der Waals surface area (Å²) in [5.41, 5.74) is 2.31. The van der Waals surface area contributed by atoms with Gasteiger partial charge >= 0.3 is 0 Å². The lowest BCUT2D eigenvalue weighted by Gasteiger charge is -2.34. The molecule has 0 amide bonds. The normalized spacial score (nSPS) is 18.1. The molecule has 1 atom stereocenters. The maximum atomic E-state index is 5.56. The topological polar surface area (TPSA) is 33.7 Å². The summed E-state index contributed by atoms with van der Waals surface area (Å²) in [5, 5.41) is 3.38. The molecule has 1 aliphatic heterocycles. The molecule has 1 fully saturated rings. The van der Waals surface area contributed by atoms with Crippen LogP contribution in [-0.2, 0) is 0 Å². The van der Waals surface area contributed by atoms with Crippen molar-refractivity contribution in [3.8, 4) is 11.5 Å². The van der Waals surface area contributed by atoms with Crippen LogP contribution in [0.3, 0.4) is 0 Å². The van der Waals surface area contributed by atoms with Crippen LogP contribution in [-0.4, -0.2) is 45.3 Å². The quantitative estimate of drug-likeness (QED) is 0.901. The van der Waals surface area contributed by atoms with Gasteiger partial charge in [0.25, 0.3) is 0 Å². The zero-order valence-electron chi connectivity index (χ0n) is 12.3. The lowest BCUT2D eigenvalue weighted by atomic mass is 10.0. The molecule has 1 saturated heterocycles. The molecule has 1 N–H and O–H groups in total. The van der Waals surface area contributed by atoms with Crippen molar-refractivity contribution in [3.05, 3.63) is 23.3 Å². The molecule has 19 heavy (non-hydrogen) atoms. The van der Waals surface area contributed by atoms with Crippen LogP contribution in [0.1, 0.15) is 24.1 Å². The molecular weight excluding hydrogens is 240 g/mol. The van der Waals surface area contributed by atoms with Gasteiger partial charge in [0.2, 0.25) is 0 Å². The Balaban J connectivity index is 2.35. The number of rotatable bonds is 4. The first-order valence-electron chi connectivity index (χ1n) is 6.84. The van der Waals surface area contributed by atoms with Crippen LogP contribution in [0.5, 0.6) is 11.5 Å². The van der Waals surface area contributed by atoms with Crippen LogP contribution in [0.25, 0.3) is 0 Å². The van der Waals surface area contributed by atoms with Gasteiger partial charge in [-0.2, -0.15) is 0 Å². The van der Waals surface area contributed by atoms with E-state index in [2.05, 4.69) is 36.2 Å².